The molecule has 0 aliphatic rings. The first-order valence-corrected chi connectivity index (χ1v) is 8.05. The molecule has 0 unspecified atom stereocenters. The predicted molar refractivity (Wildman–Crippen MR) is 78.4 cm³/mol. The fraction of sp³-hybridized carbons (Fsp3) is 0.250. The van der Waals surface area contributed by atoms with E-state index >= 15 is 0 Å². The summed E-state index contributed by atoms with van der Waals surface area (Å²) in [6.45, 7) is 1.86. The second-order valence-electron chi connectivity index (χ2n) is 4.48. The van der Waals surface area contributed by atoms with Gasteiger partial charge in [-0.15, -0.1) is 5.10 Å². The summed E-state index contributed by atoms with van der Waals surface area (Å²) in [4.78, 5) is 10.8. The van der Waals surface area contributed by atoms with E-state index in [9.17, 15) is 13.2 Å². The van der Waals surface area contributed by atoms with Gasteiger partial charge in [-0.2, -0.15) is 0 Å². The van der Waals surface area contributed by atoms with Crippen molar-refractivity contribution >= 4 is 27.6 Å². The van der Waals surface area contributed by atoms with Gasteiger partial charge in [-0.3, -0.25) is 4.68 Å². The zero-order valence-corrected chi connectivity index (χ0v) is 13.1. The zero-order valence-electron chi connectivity index (χ0n) is 11.5. The van der Waals surface area contributed by atoms with Crippen molar-refractivity contribution in [2.24, 2.45) is 0 Å². The van der Waals surface area contributed by atoms with Crippen LogP contribution in [0.4, 0.5) is 0 Å². The first kappa shape index (κ1) is 16.4. The molecule has 2 aromatic rings. The van der Waals surface area contributed by atoms with Crippen LogP contribution in [0.25, 0.3) is 0 Å². The molecule has 0 amide bonds. The van der Waals surface area contributed by atoms with Gasteiger partial charge >= 0.3 is 5.97 Å². The second-order valence-corrected chi connectivity index (χ2v) is 6.65. The number of benzene rings is 1. The highest BCUT2D eigenvalue weighted by Gasteiger charge is 2.16. The van der Waals surface area contributed by atoms with Crippen molar-refractivity contribution in [2.75, 3.05) is 6.54 Å². The number of carboxylic acids is 1. The van der Waals surface area contributed by atoms with E-state index in [4.69, 9.17) is 16.7 Å². The molecule has 22 heavy (non-hydrogen) atoms. The van der Waals surface area contributed by atoms with Crippen LogP contribution in [0.15, 0.2) is 29.3 Å². The molecular weight excluding hydrogens is 332 g/mol. The summed E-state index contributed by atoms with van der Waals surface area (Å²) >= 11 is 5.80. The predicted octanol–water partition coefficient (Wildman–Crippen LogP) is 0.917. The number of halogens is 1. The van der Waals surface area contributed by atoms with Crippen LogP contribution in [-0.2, 0) is 16.6 Å². The molecule has 8 nitrogen and oxygen atoms in total. The molecule has 0 fully saturated rings. The van der Waals surface area contributed by atoms with Gasteiger partial charge < -0.3 is 5.11 Å². The van der Waals surface area contributed by atoms with E-state index in [1.54, 1.807) is 13.0 Å². The molecule has 0 saturated heterocycles. The minimum absolute atomic E-state index is 0.0484. The van der Waals surface area contributed by atoms with E-state index in [-0.39, 0.29) is 23.7 Å². The van der Waals surface area contributed by atoms with Gasteiger partial charge in [-0.05, 0) is 30.7 Å². The largest absolute Gasteiger partial charge is 0.476 e. The summed E-state index contributed by atoms with van der Waals surface area (Å²) in [5.41, 5.74) is 0.338. The van der Waals surface area contributed by atoms with Crippen molar-refractivity contribution in [3.63, 3.8) is 0 Å². The molecule has 1 aromatic carbocycles. The number of nitrogens with zero attached hydrogens (tertiary/aromatic N) is 3. The summed E-state index contributed by atoms with van der Waals surface area (Å²) in [5, 5.41) is 16.2. The summed E-state index contributed by atoms with van der Waals surface area (Å²) < 4.78 is 28.0. The van der Waals surface area contributed by atoms with Crippen molar-refractivity contribution in [1.82, 2.24) is 19.7 Å². The van der Waals surface area contributed by atoms with E-state index in [1.807, 2.05) is 0 Å². The maximum Gasteiger partial charge on any atom is 0.358 e. The highest BCUT2D eigenvalue weighted by atomic mass is 35.5. The minimum Gasteiger partial charge on any atom is -0.476 e. The quantitative estimate of drug-likeness (QED) is 0.805. The zero-order chi connectivity index (χ0) is 16.3. The first-order chi connectivity index (χ1) is 10.3. The van der Waals surface area contributed by atoms with Crippen molar-refractivity contribution < 1.29 is 18.3 Å². The Hall–Kier alpha value is -1.97. The molecule has 0 spiro atoms. The second kappa shape index (κ2) is 6.42. The standard InChI is InChI=1S/C12H13ClN4O4S/c1-8-6-9(13)2-3-11(8)22(20,21)14-4-5-17-7-10(12(18)19)15-16-17/h2-3,6-7,14H,4-5H2,1H3,(H,18,19). The molecule has 1 heterocycles. The van der Waals surface area contributed by atoms with Crippen molar-refractivity contribution in [1.29, 1.82) is 0 Å². The van der Waals surface area contributed by atoms with Crippen LogP contribution in [0.1, 0.15) is 16.1 Å². The number of hydrogen-bond acceptors (Lipinski definition) is 5. The molecule has 0 radical (unpaired) electrons. The lowest BCUT2D eigenvalue weighted by molar-refractivity contribution is 0.0690. The average molecular weight is 345 g/mol. The van der Waals surface area contributed by atoms with E-state index in [2.05, 4.69) is 15.0 Å². The van der Waals surface area contributed by atoms with Crippen molar-refractivity contribution in [3.05, 3.63) is 40.7 Å². The van der Waals surface area contributed by atoms with Crippen LogP contribution < -0.4 is 4.72 Å². The van der Waals surface area contributed by atoms with Gasteiger partial charge in [0.15, 0.2) is 5.69 Å². The van der Waals surface area contributed by atoms with Gasteiger partial charge in [0.2, 0.25) is 10.0 Å². The van der Waals surface area contributed by atoms with E-state index < -0.39 is 16.0 Å². The van der Waals surface area contributed by atoms with Crippen LogP contribution in [0.2, 0.25) is 5.02 Å². The molecule has 0 saturated carbocycles. The van der Waals surface area contributed by atoms with Gasteiger partial charge in [-0.25, -0.2) is 17.9 Å². The van der Waals surface area contributed by atoms with Gasteiger partial charge in [-0.1, -0.05) is 16.8 Å². The Kier molecular flexibility index (Phi) is 4.79. The van der Waals surface area contributed by atoms with E-state index in [0.717, 1.165) is 0 Å². The number of hydrogen-bond donors (Lipinski definition) is 2. The van der Waals surface area contributed by atoms with Gasteiger partial charge in [0.1, 0.15) is 0 Å². The third-order valence-electron chi connectivity index (χ3n) is 2.82. The maximum atomic E-state index is 12.2. The first-order valence-electron chi connectivity index (χ1n) is 6.19. The molecule has 0 atom stereocenters. The third kappa shape index (κ3) is 3.81. The number of sulfonamides is 1. The Balaban J connectivity index is 2.02. The number of carbonyl (C=O) groups is 1. The topological polar surface area (TPSA) is 114 Å². The molecule has 1 aromatic heterocycles. The molecule has 0 bridgehead atoms. The van der Waals surface area contributed by atoms with Crippen LogP contribution in [0, 0.1) is 6.92 Å². The number of aromatic carboxylic acids is 1. The van der Waals surface area contributed by atoms with Crippen molar-refractivity contribution in [2.45, 2.75) is 18.4 Å². The molecule has 10 heteroatoms. The third-order valence-corrected chi connectivity index (χ3v) is 4.67. The van der Waals surface area contributed by atoms with Gasteiger partial charge in [0.25, 0.3) is 0 Å². The lowest BCUT2D eigenvalue weighted by Gasteiger charge is -2.09. The summed E-state index contributed by atoms with van der Waals surface area (Å²) in [6.07, 6.45) is 1.23. The number of rotatable bonds is 6. The Bertz CT molecular complexity index is 803. The molecule has 0 aliphatic heterocycles. The lowest BCUT2D eigenvalue weighted by Crippen LogP contribution is -2.28. The Morgan fingerprint density at radius 3 is 2.77 bits per heavy atom. The highest BCUT2D eigenvalue weighted by Crippen LogP contribution is 2.19. The van der Waals surface area contributed by atoms with E-state index in [1.165, 1.54) is 23.0 Å². The monoisotopic (exact) mass is 344 g/mol. The minimum atomic E-state index is -3.67. The fourth-order valence-electron chi connectivity index (χ4n) is 1.79. The van der Waals surface area contributed by atoms with Crippen LogP contribution in [0.3, 0.4) is 0 Å². The Labute approximate surface area is 131 Å². The van der Waals surface area contributed by atoms with Gasteiger partial charge in [0, 0.05) is 11.6 Å². The molecule has 2 rings (SSSR count). The van der Waals surface area contributed by atoms with Crippen LogP contribution in [-0.4, -0.2) is 41.0 Å². The SMILES string of the molecule is Cc1cc(Cl)ccc1S(=O)(=O)NCCn1cc(C(=O)O)nn1. The fourth-order valence-corrected chi connectivity index (χ4v) is 3.26. The number of aryl methyl sites for hydroxylation is 1. The van der Waals surface area contributed by atoms with Crippen LogP contribution in [0.5, 0.6) is 0 Å². The normalized spacial score (nSPS) is 11.5. The Morgan fingerprint density at radius 2 is 2.18 bits per heavy atom. The van der Waals surface area contributed by atoms with Crippen LogP contribution >= 0.6 is 11.6 Å². The number of nitrogens with one attached hydrogen (secondary N) is 1. The smallest absolute Gasteiger partial charge is 0.358 e. The van der Waals surface area contributed by atoms with Crippen molar-refractivity contribution in [3.8, 4) is 0 Å². The van der Waals surface area contributed by atoms with Gasteiger partial charge in [0.05, 0.1) is 17.6 Å². The highest BCUT2D eigenvalue weighted by molar-refractivity contribution is 7.89. The van der Waals surface area contributed by atoms with E-state index in [0.29, 0.717) is 10.6 Å². The summed E-state index contributed by atoms with van der Waals surface area (Å²) in [6, 6.07) is 4.49. The average Bonchev–Trinajstić information content (AvgIpc) is 2.87. The maximum absolute atomic E-state index is 12.2. The number of carboxylic acid groups (broad SMARTS) is 1. The summed E-state index contributed by atoms with van der Waals surface area (Å²) in [7, 11) is -3.67. The molecule has 0 aliphatic carbocycles. The summed E-state index contributed by atoms with van der Waals surface area (Å²) in [5.74, 6) is -1.19. The number of aromatic nitrogens is 3. The molecule has 118 valence electrons. The lowest BCUT2D eigenvalue weighted by atomic mass is 10.2. The molecular formula is C12H13ClN4O4S. The molecule has 2 N–H and O–H groups in total. The Morgan fingerprint density at radius 1 is 1.45 bits per heavy atom.